The Hall–Kier alpha value is -1.86. The van der Waals surface area contributed by atoms with Crippen molar-refractivity contribution in [3.63, 3.8) is 0 Å². The van der Waals surface area contributed by atoms with Crippen LogP contribution < -0.4 is 5.32 Å². The van der Waals surface area contributed by atoms with E-state index in [1.165, 1.54) is 10.4 Å². The molecule has 1 N–H and O–H groups in total. The summed E-state index contributed by atoms with van der Waals surface area (Å²) in [5.41, 5.74) is -1.75. The first-order valence-corrected chi connectivity index (χ1v) is 14.9. The molecule has 1 aromatic heterocycles. The molecule has 210 valence electrons. The molecule has 0 radical (unpaired) electrons. The van der Waals surface area contributed by atoms with Gasteiger partial charge in [0.05, 0.1) is 36.8 Å². The van der Waals surface area contributed by atoms with E-state index in [2.05, 4.69) is 10.3 Å². The Morgan fingerprint density at radius 2 is 1.78 bits per heavy atom. The number of piperidine rings is 1. The molecule has 2 rings (SSSR count). The first kappa shape index (κ1) is 31.4. The highest BCUT2D eigenvalue weighted by atomic mass is 32.2. The first-order valence-electron chi connectivity index (χ1n) is 11.8. The van der Waals surface area contributed by atoms with Gasteiger partial charge in [0, 0.05) is 25.7 Å². The zero-order chi connectivity index (χ0) is 27.8. The fraction of sp³-hybridized carbons (Fsp3) is 0.682. The van der Waals surface area contributed by atoms with Gasteiger partial charge in [-0.25, -0.2) is 12.7 Å². The average molecular weight is 572 g/mol. The minimum absolute atomic E-state index is 0.214. The summed E-state index contributed by atoms with van der Waals surface area (Å²) in [6.45, 7) is 5.89. The summed E-state index contributed by atoms with van der Waals surface area (Å²) >= 11 is 0. The Kier molecular flexibility index (Phi) is 11.7. The number of carbonyl (C=O) groups is 2. The van der Waals surface area contributed by atoms with Crippen LogP contribution in [0, 0.1) is 0 Å². The van der Waals surface area contributed by atoms with Crippen LogP contribution in [0.25, 0.3) is 0 Å². The molecule has 0 aromatic carbocycles. The number of pyridine rings is 1. The van der Waals surface area contributed by atoms with Gasteiger partial charge in [0.1, 0.15) is 11.8 Å². The summed E-state index contributed by atoms with van der Waals surface area (Å²) in [6.07, 6.45) is -2.94. The molecule has 2 heterocycles. The number of hydrogen-bond donors (Lipinski definition) is 1. The summed E-state index contributed by atoms with van der Waals surface area (Å²) in [7, 11) is -5.17. The first-order chi connectivity index (χ1) is 17.3. The number of hydrogen-bond acceptors (Lipinski definition) is 8. The molecule has 0 saturated carbocycles. The summed E-state index contributed by atoms with van der Waals surface area (Å²) in [5, 5.41) is 2.64. The number of aromatic nitrogens is 1. The lowest BCUT2D eigenvalue weighted by Crippen LogP contribution is -2.42. The van der Waals surface area contributed by atoms with Gasteiger partial charge >= 0.3 is 12.1 Å². The standard InChI is InChI=1S/C22H33F3N3O7PS/c1-5-33-36(34-6-2)19(21(30)35-17-9-11-28(12-10-17)37(4,31)32)13-20(29)27-15(3)18-8-7-16(14-26-18)22(23,24)25/h7-8,14-15,17,19H,5-6,9-13H2,1-4H3,(H,27,29). The quantitative estimate of drug-likeness (QED) is 0.299. The minimum atomic E-state index is -4.53. The zero-order valence-corrected chi connectivity index (χ0v) is 22.9. The molecule has 15 heteroatoms. The van der Waals surface area contributed by atoms with Crippen LogP contribution in [-0.4, -0.2) is 73.9 Å². The molecule has 1 amide bonds. The fourth-order valence-electron chi connectivity index (χ4n) is 3.62. The van der Waals surface area contributed by atoms with Gasteiger partial charge in [-0.1, -0.05) is 0 Å². The van der Waals surface area contributed by atoms with E-state index in [1.807, 2.05) is 0 Å². The molecule has 0 bridgehead atoms. The second-order valence-corrected chi connectivity index (χ2v) is 12.1. The van der Waals surface area contributed by atoms with Crippen molar-refractivity contribution in [2.75, 3.05) is 32.6 Å². The lowest BCUT2D eigenvalue weighted by atomic mass is 10.1. The maximum atomic E-state index is 13.1. The minimum Gasteiger partial charge on any atom is -0.462 e. The van der Waals surface area contributed by atoms with Gasteiger partial charge in [0.2, 0.25) is 15.9 Å². The number of nitrogens with one attached hydrogen (secondary N) is 1. The highest BCUT2D eigenvalue weighted by Crippen LogP contribution is 2.46. The number of esters is 1. The third-order valence-corrected chi connectivity index (χ3v) is 8.74. The van der Waals surface area contributed by atoms with E-state index in [0.29, 0.717) is 19.0 Å². The molecule has 37 heavy (non-hydrogen) atoms. The van der Waals surface area contributed by atoms with E-state index < -0.39 is 59.8 Å². The number of alkyl halides is 3. The van der Waals surface area contributed by atoms with E-state index in [0.717, 1.165) is 12.3 Å². The number of rotatable bonds is 12. The van der Waals surface area contributed by atoms with Crippen LogP contribution in [0.15, 0.2) is 18.3 Å². The van der Waals surface area contributed by atoms with Gasteiger partial charge in [0.25, 0.3) is 0 Å². The molecule has 10 nitrogen and oxygen atoms in total. The predicted octanol–water partition coefficient (Wildman–Crippen LogP) is 3.39. The van der Waals surface area contributed by atoms with Crippen LogP contribution >= 0.6 is 8.38 Å². The summed E-state index contributed by atoms with van der Waals surface area (Å²) in [4.78, 5) is 29.7. The molecule has 0 aliphatic carbocycles. The van der Waals surface area contributed by atoms with Crippen molar-refractivity contribution in [1.82, 2.24) is 14.6 Å². The monoisotopic (exact) mass is 571 g/mol. The largest absolute Gasteiger partial charge is 0.462 e. The summed E-state index contributed by atoms with van der Waals surface area (Å²) < 4.78 is 79.9. The molecular weight excluding hydrogens is 538 g/mol. The van der Waals surface area contributed by atoms with Crippen LogP contribution in [0.1, 0.15) is 57.3 Å². The zero-order valence-electron chi connectivity index (χ0n) is 21.2. The normalized spacial score (nSPS) is 17.4. The van der Waals surface area contributed by atoms with Crippen LogP contribution in [0.3, 0.4) is 0 Å². The fourth-order valence-corrected chi connectivity index (χ4v) is 5.98. The van der Waals surface area contributed by atoms with Crippen LogP contribution in [0.5, 0.6) is 0 Å². The predicted molar refractivity (Wildman–Crippen MR) is 130 cm³/mol. The number of sulfonamides is 1. The van der Waals surface area contributed by atoms with Gasteiger partial charge in [-0.05, 0) is 45.7 Å². The van der Waals surface area contributed by atoms with Crippen LogP contribution in [0.4, 0.5) is 13.2 Å². The van der Waals surface area contributed by atoms with Gasteiger partial charge in [-0.2, -0.15) is 13.2 Å². The lowest BCUT2D eigenvalue weighted by Gasteiger charge is -2.31. The number of carbonyl (C=O) groups excluding carboxylic acids is 2. The van der Waals surface area contributed by atoms with Crippen molar-refractivity contribution in [2.45, 2.75) is 64.0 Å². The molecule has 2 atom stereocenters. The topological polar surface area (TPSA) is 124 Å². The van der Waals surface area contributed by atoms with E-state index in [-0.39, 0.29) is 38.4 Å². The number of ether oxygens (including phenoxy) is 1. The molecule has 1 fully saturated rings. The molecule has 1 aromatic rings. The van der Waals surface area contributed by atoms with Crippen LogP contribution in [-0.2, 0) is 39.6 Å². The average Bonchev–Trinajstić information content (AvgIpc) is 2.81. The third-order valence-electron chi connectivity index (χ3n) is 5.51. The smallest absolute Gasteiger partial charge is 0.417 e. The Morgan fingerprint density at radius 1 is 1.19 bits per heavy atom. The van der Waals surface area contributed by atoms with Crippen LogP contribution in [0.2, 0.25) is 0 Å². The second-order valence-electron chi connectivity index (χ2n) is 8.40. The van der Waals surface area contributed by atoms with Crippen molar-refractivity contribution in [3.05, 3.63) is 29.6 Å². The molecule has 1 saturated heterocycles. The second kappa shape index (κ2) is 13.8. The van der Waals surface area contributed by atoms with E-state index in [1.54, 1.807) is 20.8 Å². The molecule has 0 spiro atoms. The Morgan fingerprint density at radius 3 is 2.24 bits per heavy atom. The lowest BCUT2D eigenvalue weighted by molar-refractivity contribution is -0.151. The number of amides is 1. The van der Waals surface area contributed by atoms with Crippen molar-refractivity contribution in [1.29, 1.82) is 0 Å². The molecule has 1 aliphatic rings. The van der Waals surface area contributed by atoms with Gasteiger partial charge in [0.15, 0.2) is 8.38 Å². The van der Waals surface area contributed by atoms with Gasteiger partial charge in [-0.15, -0.1) is 0 Å². The highest BCUT2D eigenvalue weighted by Gasteiger charge is 2.37. The maximum absolute atomic E-state index is 13.1. The highest BCUT2D eigenvalue weighted by molar-refractivity contribution is 7.88. The Balaban J connectivity index is 2.07. The van der Waals surface area contributed by atoms with Crippen molar-refractivity contribution in [2.24, 2.45) is 0 Å². The van der Waals surface area contributed by atoms with Crippen molar-refractivity contribution < 1.29 is 45.0 Å². The molecule has 2 unspecified atom stereocenters. The maximum Gasteiger partial charge on any atom is 0.417 e. The van der Waals surface area contributed by atoms with E-state index in [9.17, 15) is 31.2 Å². The van der Waals surface area contributed by atoms with Gasteiger partial charge < -0.3 is 19.1 Å². The molecule has 1 aliphatic heterocycles. The summed E-state index contributed by atoms with van der Waals surface area (Å²) in [5.74, 6) is -1.25. The Bertz CT molecular complexity index is 998. The van der Waals surface area contributed by atoms with Crippen molar-refractivity contribution in [3.8, 4) is 0 Å². The third kappa shape index (κ3) is 9.75. The SMILES string of the molecule is CCOP(OCC)C(CC(=O)NC(C)c1ccc(C(F)(F)F)cn1)C(=O)OC1CCN(S(C)(=O)=O)CC1. The summed E-state index contributed by atoms with van der Waals surface area (Å²) in [6, 6.07) is 1.33. The number of nitrogens with zero attached hydrogens (tertiary/aromatic N) is 2. The van der Waals surface area contributed by atoms with E-state index in [4.69, 9.17) is 13.8 Å². The van der Waals surface area contributed by atoms with Crippen molar-refractivity contribution >= 4 is 30.3 Å². The van der Waals surface area contributed by atoms with E-state index >= 15 is 0 Å². The van der Waals surface area contributed by atoms with Gasteiger partial charge in [-0.3, -0.25) is 14.6 Å². The molecular formula is C22H33F3N3O7PS. The number of halogens is 3. The Labute approximate surface area is 216 Å².